The van der Waals surface area contributed by atoms with Crippen LogP contribution in [-0.2, 0) is 29.5 Å². The van der Waals surface area contributed by atoms with Crippen molar-refractivity contribution in [1.82, 2.24) is 14.6 Å². The lowest BCUT2D eigenvalue weighted by molar-refractivity contribution is 0.0735. The number of sulfonamides is 1. The molecule has 0 bridgehead atoms. The smallest absolute Gasteiger partial charge is 0.254 e. The van der Waals surface area contributed by atoms with Crippen molar-refractivity contribution >= 4 is 38.4 Å². The van der Waals surface area contributed by atoms with Crippen molar-refractivity contribution < 1.29 is 13.2 Å². The first-order valence-electron chi connectivity index (χ1n) is 10.6. The van der Waals surface area contributed by atoms with Gasteiger partial charge in [0.05, 0.1) is 5.02 Å². The molecular formula is C25H22ClN3O3S. The van der Waals surface area contributed by atoms with Gasteiger partial charge in [-0.05, 0) is 29.8 Å². The Morgan fingerprint density at radius 1 is 1.03 bits per heavy atom. The molecule has 168 valence electrons. The van der Waals surface area contributed by atoms with Crippen LogP contribution in [0.3, 0.4) is 0 Å². The molecule has 4 aromatic rings. The van der Waals surface area contributed by atoms with Gasteiger partial charge < -0.3 is 9.88 Å². The minimum absolute atomic E-state index is 0.0738. The maximum absolute atomic E-state index is 13.3. The van der Waals surface area contributed by atoms with Crippen molar-refractivity contribution in [3.05, 3.63) is 100 Å². The average molecular weight is 480 g/mol. The van der Waals surface area contributed by atoms with Gasteiger partial charge in [0, 0.05) is 53.8 Å². The topological polar surface area (TPSA) is 82.3 Å². The molecule has 0 saturated carbocycles. The Kier molecular flexibility index (Phi) is 5.70. The summed E-state index contributed by atoms with van der Waals surface area (Å²) in [5, 5.41) is 1.18. The molecular weight excluding hydrogens is 458 g/mol. The first kappa shape index (κ1) is 21.7. The minimum atomic E-state index is -3.90. The van der Waals surface area contributed by atoms with Crippen LogP contribution in [0, 0.1) is 0 Å². The molecule has 1 amide bonds. The Labute approximate surface area is 197 Å². The third kappa shape index (κ3) is 4.27. The molecule has 33 heavy (non-hydrogen) atoms. The van der Waals surface area contributed by atoms with Crippen LogP contribution in [-0.4, -0.2) is 30.8 Å². The number of H-pyrrole nitrogens is 1. The number of rotatable bonds is 5. The van der Waals surface area contributed by atoms with E-state index < -0.39 is 10.0 Å². The molecule has 2 N–H and O–H groups in total. The fourth-order valence-electron chi connectivity index (χ4n) is 4.22. The summed E-state index contributed by atoms with van der Waals surface area (Å²) in [5.74, 6) is -0.220. The number of fused-ring (bicyclic) bond motifs is 3. The number of carbonyl (C=O) groups excluding carboxylic acids is 1. The Bertz CT molecular complexity index is 1450. The highest BCUT2D eigenvalue weighted by molar-refractivity contribution is 7.89. The van der Waals surface area contributed by atoms with Gasteiger partial charge in [0.25, 0.3) is 5.91 Å². The molecule has 0 unspecified atom stereocenters. The number of hydrogen-bond acceptors (Lipinski definition) is 3. The second kappa shape index (κ2) is 8.67. The lowest BCUT2D eigenvalue weighted by Crippen LogP contribution is -2.36. The molecule has 0 spiro atoms. The van der Waals surface area contributed by atoms with Gasteiger partial charge in [-0.2, -0.15) is 0 Å². The molecule has 8 heteroatoms. The largest absolute Gasteiger partial charge is 0.358 e. The van der Waals surface area contributed by atoms with Gasteiger partial charge in [-0.3, -0.25) is 4.79 Å². The van der Waals surface area contributed by atoms with Gasteiger partial charge in [-0.15, -0.1) is 0 Å². The predicted molar refractivity (Wildman–Crippen MR) is 129 cm³/mol. The molecule has 5 rings (SSSR count). The quantitative estimate of drug-likeness (QED) is 0.442. The summed E-state index contributed by atoms with van der Waals surface area (Å²) in [5.41, 5.74) is 4.43. The van der Waals surface area contributed by atoms with E-state index in [1.165, 1.54) is 12.1 Å². The van der Waals surface area contributed by atoms with E-state index in [0.717, 1.165) is 27.7 Å². The first-order chi connectivity index (χ1) is 15.9. The summed E-state index contributed by atoms with van der Waals surface area (Å²) in [7, 11) is -3.90. The van der Waals surface area contributed by atoms with Crippen LogP contribution in [0.2, 0.25) is 5.02 Å². The molecule has 0 saturated heterocycles. The third-order valence-corrected chi connectivity index (χ3v) is 7.83. The lowest BCUT2D eigenvalue weighted by atomic mass is 10.0. The van der Waals surface area contributed by atoms with Crippen LogP contribution >= 0.6 is 11.6 Å². The van der Waals surface area contributed by atoms with Crippen LogP contribution < -0.4 is 4.72 Å². The Balaban J connectivity index is 1.39. The SMILES string of the molecule is O=C(c1ccc(Cl)c(S(=O)(=O)NCc2ccccc2)c1)N1CCc2[nH]c3ccccc3c2C1. The average Bonchev–Trinajstić information content (AvgIpc) is 3.21. The van der Waals surface area contributed by atoms with E-state index in [1.54, 1.807) is 11.0 Å². The number of nitrogens with one attached hydrogen (secondary N) is 2. The highest BCUT2D eigenvalue weighted by Gasteiger charge is 2.26. The van der Waals surface area contributed by atoms with Gasteiger partial charge in [-0.25, -0.2) is 13.1 Å². The number of aromatic nitrogens is 1. The zero-order valence-electron chi connectivity index (χ0n) is 17.7. The number of benzene rings is 3. The normalized spacial score (nSPS) is 13.8. The fourth-order valence-corrected chi connectivity index (χ4v) is 5.76. The van der Waals surface area contributed by atoms with E-state index in [1.807, 2.05) is 54.6 Å². The molecule has 3 aromatic carbocycles. The predicted octanol–water partition coefficient (Wildman–Crippen LogP) is 4.50. The van der Waals surface area contributed by atoms with Crippen molar-refractivity contribution in [2.45, 2.75) is 24.4 Å². The lowest BCUT2D eigenvalue weighted by Gasteiger charge is -2.27. The van der Waals surface area contributed by atoms with E-state index in [-0.39, 0.29) is 22.4 Å². The molecule has 2 heterocycles. The van der Waals surface area contributed by atoms with Gasteiger partial charge in [0.15, 0.2) is 0 Å². The van der Waals surface area contributed by atoms with E-state index in [9.17, 15) is 13.2 Å². The molecule has 1 aliphatic rings. The maximum atomic E-state index is 13.3. The highest BCUT2D eigenvalue weighted by atomic mass is 35.5. The molecule has 0 aliphatic carbocycles. The van der Waals surface area contributed by atoms with Crippen molar-refractivity contribution in [2.24, 2.45) is 0 Å². The van der Waals surface area contributed by atoms with E-state index in [0.29, 0.717) is 25.1 Å². The summed E-state index contributed by atoms with van der Waals surface area (Å²) >= 11 is 6.22. The summed E-state index contributed by atoms with van der Waals surface area (Å²) < 4.78 is 28.4. The molecule has 6 nitrogen and oxygen atoms in total. The Hall–Kier alpha value is -3.13. The fraction of sp³-hybridized carbons (Fsp3) is 0.160. The second-order valence-electron chi connectivity index (χ2n) is 8.06. The zero-order valence-corrected chi connectivity index (χ0v) is 19.3. The number of nitrogens with zero attached hydrogens (tertiary/aromatic N) is 1. The van der Waals surface area contributed by atoms with Crippen molar-refractivity contribution in [3.63, 3.8) is 0 Å². The number of para-hydroxylation sites is 1. The molecule has 0 fully saturated rings. The third-order valence-electron chi connectivity index (χ3n) is 5.95. The summed E-state index contributed by atoms with van der Waals surface area (Å²) in [4.78, 5) is 18.4. The van der Waals surface area contributed by atoms with Crippen LogP contribution in [0.4, 0.5) is 0 Å². The van der Waals surface area contributed by atoms with Crippen LogP contribution in [0.25, 0.3) is 10.9 Å². The van der Waals surface area contributed by atoms with Gasteiger partial charge in [-0.1, -0.05) is 60.1 Å². The van der Waals surface area contributed by atoms with Gasteiger partial charge in [0.2, 0.25) is 10.0 Å². The second-order valence-corrected chi connectivity index (χ2v) is 10.2. The van der Waals surface area contributed by atoms with Crippen molar-refractivity contribution in [3.8, 4) is 0 Å². The first-order valence-corrected chi connectivity index (χ1v) is 12.5. The standard InChI is InChI=1S/C25H22ClN3O3S/c26-21-11-10-18(14-24(21)33(31,32)27-15-17-6-2-1-3-7-17)25(30)29-13-12-23-20(16-29)19-8-4-5-9-22(19)28-23/h1-11,14,27-28H,12-13,15-16H2. The summed E-state index contributed by atoms with van der Waals surface area (Å²) in [6.07, 6.45) is 0.715. The number of halogens is 1. The molecule has 0 atom stereocenters. The summed E-state index contributed by atoms with van der Waals surface area (Å²) in [6, 6.07) is 21.7. The number of amides is 1. The molecule has 1 aromatic heterocycles. The Morgan fingerprint density at radius 3 is 2.61 bits per heavy atom. The maximum Gasteiger partial charge on any atom is 0.254 e. The zero-order chi connectivity index (χ0) is 23.0. The molecule has 0 radical (unpaired) electrons. The summed E-state index contributed by atoms with van der Waals surface area (Å²) in [6.45, 7) is 1.15. The number of carbonyl (C=O) groups is 1. The van der Waals surface area contributed by atoms with E-state index >= 15 is 0 Å². The van der Waals surface area contributed by atoms with Crippen LogP contribution in [0.1, 0.15) is 27.2 Å². The minimum Gasteiger partial charge on any atom is -0.358 e. The van der Waals surface area contributed by atoms with Gasteiger partial charge >= 0.3 is 0 Å². The van der Waals surface area contributed by atoms with Crippen molar-refractivity contribution in [2.75, 3.05) is 6.54 Å². The van der Waals surface area contributed by atoms with Crippen LogP contribution in [0.5, 0.6) is 0 Å². The van der Waals surface area contributed by atoms with Crippen LogP contribution in [0.15, 0.2) is 77.7 Å². The monoisotopic (exact) mass is 479 g/mol. The van der Waals surface area contributed by atoms with Gasteiger partial charge in [0.1, 0.15) is 4.90 Å². The number of hydrogen-bond donors (Lipinski definition) is 2. The number of aromatic amines is 1. The van der Waals surface area contributed by atoms with Crippen molar-refractivity contribution in [1.29, 1.82) is 0 Å². The molecule has 1 aliphatic heterocycles. The van der Waals surface area contributed by atoms with E-state index in [2.05, 4.69) is 9.71 Å². The van der Waals surface area contributed by atoms with E-state index in [4.69, 9.17) is 11.6 Å². The Morgan fingerprint density at radius 2 is 1.79 bits per heavy atom. The highest BCUT2D eigenvalue weighted by Crippen LogP contribution is 2.29.